The lowest BCUT2D eigenvalue weighted by Crippen LogP contribution is -2.13. The van der Waals surface area contributed by atoms with Crippen LogP contribution < -0.4 is 0 Å². The number of carbonyl (C=O) groups excluding carboxylic acids is 1. The summed E-state index contributed by atoms with van der Waals surface area (Å²) < 4.78 is 18.3. The Labute approximate surface area is 163 Å². The first-order chi connectivity index (χ1) is 13.8. The van der Waals surface area contributed by atoms with Crippen molar-refractivity contribution in [2.75, 3.05) is 13.2 Å². The number of fused-ring (bicyclic) bond motifs is 1. The van der Waals surface area contributed by atoms with Crippen molar-refractivity contribution in [3.8, 4) is 22.6 Å². The van der Waals surface area contributed by atoms with E-state index < -0.39 is 0 Å². The topological polar surface area (TPSA) is 72.8 Å². The van der Waals surface area contributed by atoms with E-state index in [2.05, 4.69) is 0 Å². The molecule has 0 spiro atoms. The summed E-state index contributed by atoms with van der Waals surface area (Å²) >= 11 is 0. The third-order valence-electron chi connectivity index (χ3n) is 5.11. The summed E-state index contributed by atoms with van der Waals surface area (Å²) in [5, 5.41) is 9.00. The zero-order valence-corrected chi connectivity index (χ0v) is 15.7. The lowest BCUT2D eigenvalue weighted by molar-refractivity contribution is 0.0353. The van der Waals surface area contributed by atoms with Crippen LogP contribution in [-0.2, 0) is 11.2 Å². The van der Waals surface area contributed by atoms with Crippen LogP contribution in [0.25, 0.3) is 22.6 Å². The molecule has 0 saturated carbocycles. The number of aliphatic hydroxyl groups is 1. The Balaban J connectivity index is 1.78. The Morgan fingerprint density at radius 1 is 1.11 bits per heavy atom. The second-order valence-corrected chi connectivity index (χ2v) is 7.01. The predicted molar refractivity (Wildman–Crippen MR) is 105 cm³/mol. The molecule has 1 aliphatic carbocycles. The molecule has 28 heavy (non-hydrogen) atoms. The highest BCUT2D eigenvalue weighted by atomic mass is 16.5. The maximum Gasteiger partial charge on any atom is 0.185 e. The number of carbonyl (C=O) groups is 1. The van der Waals surface area contributed by atoms with E-state index in [1.807, 2.05) is 36.4 Å². The van der Waals surface area contributed by atoms with Crippen molar-refractivity contribution in [3.63, 3.8) is 0 Å². The number of aryl methyl sites for hydroxylation is 1. The number of hydrogen-bond acceptors (Lipinski definition) is 5. The van der Waals surface area contributed by atoms with Crippen LogP contribution in [0, 0.1) is 0 Å². The minimum absolute atomic E-state index is 0.0802. The van der Waals surface area contributed by atoms with Crippen LogP contribution in [0.15, 0.2) is 51.3 Å². The fourth-order valence-electron chi connectivity index (χ4n) is 3.80. The summed E-state index contributed by atoms with van der Waals surface area (Å²) in [7, 11) is 0. The lowest BCUT2D eigenvalue weighted by Gasteiger charge is -2.23. The normalized spacial score (nSPS) is 16.1. The zero-order chi connectivity index (χ0) is 19.3. The number of ether oxygens (including phenoxy) is 1. The van der Waals surface area contributed by atoms with Gasteiger partial charge in [-0.25, -0.2) is 0 Å². The molecule has 5 heteroatoms. The van der Waals surface area contributed by atoms with Gasteiger partial charge in [0.15, 0.2) is 12.0 Å². The molecule has 146 valence electrons. The van der Waals surface area contributed by atoms with Gasteiger partial charge in [0.1, 0.15) is 17.3 Å². The van der Waals surface area contributed by atoms with Crippen LogP contribution >= 0.6 is 0 Å². The van der Waals surface area contributed by atoms with Crippen LogP contribution in [0.1, 0.15) is 53.7 Å². The summed E-state index contributed by atoms with van der Waals surface area (Å²) in [5.41, 5.74) is 2.87. The molecule has 0 saturated heterocycles. The van der Waals surface area contributed by atoms with Crippen LogP contribution in [0.3, 0.4) is 0 Å². The monoisotopic (exact) mass is 380 g/mol. The SMILES string of the molecule is O=Cc1ccc(-c2c(-c3ccccc3)oc3c2C(OCCCCO)CCC3)o1. The molecule has 0 bridgehead atoms. The second-order valence-electron chi connectivity index (χ2n) is 7.01. The number of rotatable bonds is 8. The van der Waals surface area contributed by atoms with Crippen molar-refractivity contribution in [1.29, 1.82) is 0 Å². The van der Waals surface area contributed by atoms with Gasteiger partial charge in [-0.15, -0.1) is 0 Å². The first kappa shape index (κ1) is 18.7. The number of unbranched alkanes of at least 4 members (excludes halogenated alkanes) is 1. The number of aldehydes is 1. The van der Waals surface area contributed by atoms with E-state index in [1.54, 1.807) is 6.07 Å². The summed E-state index contributed by atoms with van der Waals surface area (Å²) in [4.78, 5) is 11.1. The van der Waals surface area contributed by atoms with Crippen molar-refractivity contribution >= 4 is 6.29 Å². The first-order valence-electron chi connectivity index (χ1n) is 9.80. The third-order valence-corrected chi connectivity index (χ3v) is 5.11. The molecule has 2 aromatic heterocycles. The molecular formula is C23H24O5. The fraction of sp³-hybridized carbons (Fsp3) is 0.348. The van der Waals surface area contributed by atoms with Gasteiger partial charge < -0.3 is 18.7 Å². The van der Waals surface area contributed by atoms with Crippen LogP contribution in [0.2, 0.25) is 0 Å². The largest absolute Gasteiger partial charge is 0.460 e. The molecule has 5 nitrogen and oxygen atoms in total. The minimum Gasteiger partial charge on any atom is -0.460 e. The Bertz CT molecular complexity index is 922. The van der Waals surface area contributed by atoms with E-state index >= 15 is 0 Å². The Morgan fingerprint density at radius 2 is 1.96 bits per heavy atom. The van der Waals surface area contributed by atoms with Gasteiger partial charge in [-0.1, -0.05) is 30.3 Å². The highest BCUT2D eigenvalue weighted by molar-refractivity contribution is 5.83. The average Bonchev–Trinajstić information content (AvgIpc) is 3.36. The molecule has 1 N–H and O–H groups in total. The highest BCUT2D eigenvalue weighted by Gasteiger charge is 2.32. The molecule has 0 aliphatic heterocycles. The molecule has 3 aromatic rings. The Hall–Kier alpha value is -2.63. The standard InChI is InChI=1S/C23H24O5/c24-13-4-5-14-26-18-9-6-10-19-21(18)22(20-12-11-17(15-25)27-20)23(28-19)16-7-2-1-3-8-16/h1-3,7-8,11-12,15,18,24H,4-6,9-10,13-14H2. The predicted octanol–water partition coefficient (Wildman–Crippen LogP) is 5.19. The van der Waals surface area contributed by atoms with Crippen molar-refractivity contribution < 1.29 is 23.5 Å². The molecular weight excluding hydrogens is 356 g/mol. The van der Waals surface area contributed by atoms with E-state index in [0.717, 1.165) is 60.3 Å². The van der Waals surface area contributed by atoms with Crippen molar-refractivity contribution in [2.45, 2.75) is 38.2 Å². The van der Waals surface area contributed by atoms with Crippen molar-refractivity contribution in [3.05, 3.63) is 59.5 Å². The summed E-state index contributed by atoms with van der Waals surface area (Å²) in [5.74, 6) is 2.59. The molecule has 0 amide bonds. The van der Waals surface area contributed by atoms with Crippen LogP contribution in [0.5, 0.6) is 0 Å². The number of furan rings is 2. The van der Waals surface area contributed by atoms with Gasteiger partial charge in [0, 0.05) is 30.8 Å². The van der Waals surface area contributed by atoms with Gasteiger partial charge in [-0.05, 0) is 37.8 Å². The van der Waals surface area contributed by atoms with E-state index in [-0.39, 0.29) is 12.7 Å². The summed E-state index contributed by atoms with van der Waals surface area (Å²) in [6.07, 6.45) is 4.94. The first-order valence-corrected chi connectivity index (χ1v) is 9.80. The van der Waals surface area contributed by atoms with E-state index in [9.17, 15) is 4.79 Å². The van der Waals surface area contributed by atoms with Gasteiger partial charge in [0.05, 0.1) is 11.7 Å². The minimum atomic E-state index is -0.0802. The molecule has 0 fully saturated rings. The van der Waals surface area contributed by atoms with E-state index in [0.29, 0.717) is 24.4 Å². The number of aliphatic hydroxyl groups excluding tert-OH is 1. The highest BCUT2D eigenvalue weighted by Crippen LogP contribution is 2.47. The second kappa shape index (κ2) is 8.59. The van der Waals surface area contributed by atoms with Gasteiger partial charge in [0.2, 0.25) is 0 Å². The van der Waals surface area contributed by atoms with Crippen LogP contribution in [-0.4, -0.2) is 24.6 Å². The summed E-state index contributed by atoms with van der Waals surface area (Å²) in [6, 6.07) is 13.4. The van der Waals surface area contributed by atoms with Crippen molar-refractivity contribution in [1.82, 2.24) is 0 Å². The molecule has 1 atom stereocenters. The lowest BCUT2D eigenvalue weighted by atomic mass is 9.90. The van der Waals surface area contributed by atoms with E-state index in [1.165, 1.54) is 0 Å². The quantitative estimate of drug-likeness (QED) is 0.430. The number of hydrogen-bond donors (Lipinski definition) is 1. The molecule has 0 radical (unpaired) electrons. The molecule has 1 aromatic carbocycles. The Kier molecular flexibility index (Phi) is 5.74. The zero-order valence-electron chi connectivity index (χ0n) is 15.7. The van der Waals surface area contributed by atoms with Crippen LogP contribution in [0.4, 0.5) is 0 Å². The van der Waals surface area contributed by atoms with Gasteiger partial charge in [-0.3, -0.25) is 4.79 Å². The van der Waals surface area contributed by atoms with E-state index in [4.69, 9.17) is 18.7 Å². The van der Waals surface area contributed by atoms with Gasteiger partial charge >= 0.3 is 0 Å². The third kappa shape index (κ3) is 3.68. The molecule has 4 rings (SSSR count). The smallest absolute Gasteiger partial charge is 0.185 e. The summed E-state index contributed by atoms with van der Waals surface area (Å²) in [6.45, 7) is 0.767. The van der Waals surface area contributed by atoms with Gasteiger partial charge in [-0.2, -0.15) is 0 Å². The molecule has 1 unspecified atom stereocenters. The fourth-order valence-corrected chi connectivity index (χ4v) is 3.80. The molecule has 2 heterocycles. The maximum absolute atomic E-state index is 11.1. The maximum atomic E-state index is 11.1. The number of benzene rings is 1. The van der Waals surface area contributed by atoms with Gasteiger partial charge in [0.25, 0.3) is 0 Å². The molecule has 1 aliphatic rings. The average molecular weight is 380 g/mol. The van der Waals surface area contributed by atoms with Crippen molar-refractivity contribution in [2.24, 2.45) is 0 Å². The Morgan fingerprint density at radius 3 is 2.71 bits per heavy atom.